The Labute approximate surface area is 217 Å². The Balaban J connectivity index is 1.76. The van der Waals surface area contributed by atoms with E-state index >= 15 is 0 Å². The van der Waals surface area contributed by atoms with Crippen LogP contribution >= 0.6 is 0 Å². The van der Waals surface area contributed by atoms with Crippen LogP contribution in [0.5, 0.6) is 0 Å². The van der Waals surface area contributed by atoms with E-state index in [1.807, 2.05) is 36.4 Å². The van der Waals surface area contributed by atoms with Crippen molar-refractivity contribution in [1.29, 1.82) is 0 Å². The van der Waals surface area contributed by atoms with Crippen molar-refractivity contribution in [2.75, 3.05) is 0 Å². The molecule has 1 heteroatoms. The van der Waals surface area contributed by atoms with E-state index in [0.717, 1.165) is 10.8 Å². The fourth-order valence-electron chi connectivity index (χ4n) is 5.13. The van der Waals surface area contributed by atoms with E-state index in [1.54, 1.807) is 18.2 Å². The summed E-state index contributed by atoms with van der Waals surface area (Å²) in [5.74, 6) is 0. The third-order valence-electron chi connectivity index (χ3n) is 6.59. The maximum Gasteiger partial charge on any atom is 0.143 e. The Morgan fingerprint density at radius 3 is 2.26 bits per heavy atom. The second kappa shape index (κ2) is 6.94. The van der Waals surface area contributed by atoms with Crippen LogP contribution < -0.4 is 0 Å². The number of rotatable bonds is 1. The summed E-state index contributed by atoms with van der Waals surface area (Å²) in [5, 5.41) is 2.49. The van der Waals surface area contributed by atoms with E-state index in [9.17, 15) is 1.37 Å². The third kappa shape index (κ3) is 2.58. The zero-order chi connectivity index (χ0) is 32.5. The third-order valence-corrected chi connectivity index (χ3v) is 6.59. The topological polar surface area (TPSA) is 13.1 Å². The van der Waals surface area contributed by atoms with Crippen LogP contribution in [0.4, 0.5) is 0 Å². The maximum absolute atomic E-state index is 9.22. The molecular formula is C34H20O. The van der Waals surface area contributed by atoms with Crippen molar-refractivity contribution in [1.82, 2.24) is 0 Å². The number of furan rings is 1. The van der Waals surface area contributed by atoms with Gasteiger partial charge in [-0.1, -0.05) is 103 Å². The Kier molecular flexibility index (Phi) is 2.22. The smallest absolute Gasteiger partial charge is 0.143 e. The first-order valence-corrected chi connectivity index (χ1v) is 11.1. The van der Waals surface area contributed by atoms with Gasteiger partial charge in [0, 0.05) is 16.2 Å². The molecule has 1 nitrogen and oxygen atoms in total. The molecule has 0 bridgehead atoms. The average molecular weight is 456 g/mol. The predicted molar refractivity (Wildman–Crippen MR) is 149 cm³/mol. The molecule has 1 aromatic heterocycles. The summed E-state index contributed by atoms with van der Waals surface area (Å²) >= 11 is 0. The predicted octanol–water partition coefficient (Wildman–Crippen LogP) is 9.87. The summed E-state index contributed by atoms with van der Waals surface area (Å²) in [6.07, 6.45) is 0. The molecule has 0 fully saturated rings. The first-order chi connectivity index (χ1) is 22.0. The summed E-state index contributed by atoms with van der Waals surface area (Å²) in [5.41, 5.74) is 1.65. The molecule has 0 aliphatic rings. The van der Waals surface area contributed by atoms with Crippen molar-refractivity contribution in [3.05, 3.63) is 121 Å². The van der Waals surface area contributed by atoms with Gasteiger partial charge < -0.3 is 4.42 Å². The highest BCUT2D eigenvalue weighted by molar-refractivity contribution is 6.27. The Morgan fingerprint density at radius 2 is 1.31 bits per heavy atom. The van der Waals surface area contributed by atoms with Crippen LogP contribution in [-0.2, 0) is 0 Å². The molecule has 0 amide bonds. The monoisotopic (exact) mass is 455 g/mol. The Hall–Kier alpha value is -4.62. The number of fused-ring (bicyclic) bond motifs is 9. The van der Waals surface area contributed by atoms with Crippen molar-refractivity contribution in [2.24, 2.45) is 0 Å². The van der Waals surface area contributed by atoms with Crippen LogP contribution in [0, 0.1) is 0 Å². The standard InChI is InChI=1S/C34H20O/c1-4-11-25-21(8-1)16-17-24-20-23-10-3-5-12-26(23)33(31(24)25)28-14-7-15-30-32(28)29-19-18-22-9-2-6-13-27(22)34(29)35-30/h1-20H/i1D,3D,4D,5D,8D,10D,11D,12D,16D,17D,20D. The molecule has 7 aromatic carbocycles. The zero-order valence-electron chi connectivity index (χ0n) is 29.1. The second-order valence-corrected chi connectivity index (χ2v) is 8.44. The molecule has 0 aliphatic carbocycles. The Morgan fingerprint density at radius 1 is 0.514 bits per heavy atom. The van der Waals surface area contributed by atoms with Gasteiger partial charge in [0.25, 0.3) is 0 Å². The SMILES string of the molecule is [2H]c1c([2H])c([2H])c2c(-c3cccc4oc5c6ccccc6ccc5c34)c3c(c([2H])c([2H])c4c([2H])c([2H])c([2H])c([2H])c43)c([2H])c2c1[2H]. The lowest BCUT2D eigenvalue weighted by molar-refractivity contribution is 0.673. The van der Waals surface area contributed by atoms with Crippen LogP contribution in [0.3, 0.4) is 0 Å². The molecule has 0 spiro atoms. The summed E-state index contributed by atoms with van der Waals surface area (Å²) in [4.78, 5) is 0. The van der Waals surface area contributed by atoms with Gasteiger partial charge in [-0.05, 0) is 67.0 Å². The first-order valence-electron chi connectivity index (χ1n) is 16.6. The van der Waals surface area contributed by atoms with Crippen molar-refractivity contribution >= 4 is 65.0 Å². The lowest BCUT2D eigenvalue weighted by Gasteiger charge is -2.15. The molecular weight excluding hydrogens is 424 g/mol. The second-order valence-electron chi connectivity index (χ2n) is 8.44. The minimum absolute atomic E-state index is 0.0306. The molecule has 1 heterocycles. The quantitative estimate of drug-likeness (QED) is 0.177. The normalized spacial score (nSPS) is 16.4. The van der Waals surface area contributed by atoms with Gasteiger partial charge in [-0.25, -0.2) is 0 Å². The molecule has 0 unspecified atom stereocenters. The first kappa shape index (κ1) is 11.2. The molecule has 35 heavy (non-hydrogen) atoms. The van der Waals surface area contributed by atoms with E-state index in [-0.39, 0.29) is 37.9 Å². The Bertz CT molecular complexity index is 2710. The van der Waals surface area contributed by atoms with E-state index < -0.39 is 66.5 Å². The highest BCUT2D eigenvalue weighted by atomic mass is 16.3. The van der Waals surface area contributed by atoms with Gasteiger partial charge in [0.2, 0.25) is 0 Å². The molecule has 8 rings (SSSR count). The van der Waals surface area contributed by atoms with E-state index in [0.29, 0.717) is 27.5 Å². The minimum atomic E-state index is -0.574. The molecule has 162 valence electrons. The molecule has 8 aromatic rings. The number of benzene rings is 7. The lowest BCUT2D eigenvalue weighted by Crippen LogP contribution is -1.88. The van der Waals surface area contributed by atoms with Crippen LogP contribution in [0.1, 0.15) is 15.1 Å². The van der Waals surface area contributed by atoms with Gasteiger partial charge in [0.15, 0.2) is 0 Å². The lowest BCUT2D eigenvalue weighted by atomic mass is 9.87. The minimum Gasteiger partial charge on any atom is -0.455 e. The van der Waals surface area contributed by atoms with Gasteiger partial charge in [-0.2, -0.15) is 0 Å². The fourth-order valence-corrected chi connectivity index (χ4v) is 5.13. The van der Waals surface area contributed by atoms with Crippen molar-refractivity contribution in [3.63, 3.8) is 0 Å². The average Bonchev–Trinajstić information content (AvgIpc) is 3.45. The molecule has 0 atom stereocenters. The molecule has 0 saturated carbocycles. The molecule has 0 N–H and O–H groups in total. The number of hydrogen-bond acceptors (Lipinski definition) is 1. The van der Waals surface area contributed by atoms with Crippen LogP contribution in [0.2, 0.25) is 0 Å². The van der Waals surface area contributed by atoms with E-state index in [2.05, 4.69) is 0 Å². The van der Waals surface area contributed by atoms with Crippen LogP contribution in [0.15, 0.2) is 125 Å². The van der Waals surface area contributed by atoms with Crippen molar-refractivity contribution in [2.45, 2.75) is 0 Å². The van der Waals surface area contributed by atoms with Gasteiger partial charge in [-0.15, -0.1) is 0 Å². The van der Waals surface area contributed by atoms with Crippen molar-refractivity contribution in [3.8, 4) is 11.1 Å². The van der Waals surface area contributed by atoms with Crippen LogP contribution in [-0.4, -0.2) is 0 Å². The molecule has 0 saturated heterocycles. The highest BCUT2D eigenvalue weighted by Gasteiger charge is 2.19. The van der Waals surface area contributed by atoms with Gasteiger partial charge in [0.05, 0.1) is 15.1 Å². The summed E-state index contributed by atoms with van der Waals surface area (Å²) in [7, 11) is 0. The van der Waals surface area contributed by atoms with Gasteiger partial charge >= 0.3 is 0 Å². The molecule has 0 aliphatic heterocycles. The summed E-state index contributed by atoms with van der Waals surface area (Å²) in [6.45, 7) is 0. The van der Waals surface area contributed by atoms with Crippen LogP contribution in [0.25, 0.3) is 76.2 Å². The van der Waals surface area contributed by atoms with E-state index in [4.69, 9.17) is 18.1 Å². The largest absolute Gasteiger partial charge is 0.455 e. The van der Waals surface area contributed by atoms with E-state index in [1.165, 1.54) is 0 Å². The van der Waals surface area contributed by atoms with Gasteiger partial charge in [0.1, 0.15) is 11.2 Å². The van der Waals surface area contributed by atoms with Crippen molar-refractivity contribution < 1.29 is 19.5 Å². The molecule has 0 radical (unpaired) electrons. The summed E-state index contributed by atoms with van der Waals surface area (Å²) < 4.78 is 103. The van der Waals surface area contributed by atoms with Gasteiger partial charge in [-0.3, -0.25) is 0 Å². The summed E-state index contributed by atoms with van der Waals surface area (Å²) in [6, 6.07) is 11.2. The fraction of sp³-hybridized carbons (Fsp3) is 0. The highest BCUT2D eigenvalue weighted by Crippen LogP contribution is 2.45. The number of hydrogen-bond donors (Lipinski definition) is 0. The maximum atomic E-state index is 9.22. The zero-order valence-corrected chi connectivity index (χ0v) is 18.1.